The minimum atomic E-state index is -0.184. The van der Waals surface area contributed by atoms with Crippen molar-refractivity contribution in [3.05, 3.63) is 51.2 Å². The smallest absolute Gasteiger partial charge is 0.191 e. The second kappa shape index (κ2) is 11.4. The lowest BCUT2D eigenvalue weighted by molar-refractivity contribution is 0.625. The van der Waals surface area contributed by atoms with Crippen LogP contribution in [0.4, 0.5) is 4.39 Å². The molecule has 0 unspecified atom stereocenters. The van der Waals surface area contributed by atoms with Crippen LogP contribution in [0, 0.1) is 19.7 Å². The number of aryl methyl sites for hydroxylation is 2. The molecule has 0 radical (unpaired) electrons. The summed E-state index contributed by atoms with van der Waals surface area (Å²) < 4.78 is 13.1. The van der Waals surface area contributed by atoms with Gasteiger partial charge in [-0.25, -0.2) is 9.37 Å². The van der Waals surface area contributed by atoms with Crippen LogP contribution >= 0.6 is 35.3 Å². The van der Waals surface area contributed by atoms with Gasteiger partial charge in [0.15, 0.2) is 5.96 Å². The molecule has 0 fully saturated rings. The molecule has 2 N–H and O–H groups in total. The predicted octanol–water partition coefficient (Wildman–Crippen LogP) is 3.86. The molecule has 4 nitrogen and oxygen atoms in total. The standard InChI is InChI=1S/C18H25FN4S.HI/c1-4-20-18(22-10-8-17-23-12-14(3)24-17)21-9-7-15-5-6-16(19)11-13(15)2;/h5-6,11-12H,4,7-10H2,1-3H3,(H2,20,21,22);1H. The first kappa shape index (κ1) is 21.8. The van der Waals surface area contributed by atoms with Crippen LogP contribution in [0.15, 0.2) is 29.4 Å². The Labute approximate surface area is 170 Å². The van der Waals surface area contributed by atoms with Gasteiger partial charge in [0, 0.05) is 37.1 Å². The molecule has 0 saturated heterocycles. The summed E-state index contributed by atoms with van der Waals surface area (Å²) in [6.45, 7) is 8.33. The quantitative estimate of drug-likeness (QED) is 0.363. The highest BCUT2D eigenvalue weighted by molar-refractivity contribution is 14.0. The number of rotatable bonds is 7. The summed E-state index contributed by atoms with van der Waals surface area (Å²) in [5, 5.41) is 7.70. The molecule has 0 spiro atoms. The molecule has 1 aromatic heterocycles. The van der Waals surface area contributed by atoms with Gasteiger partial charge in [0.1, 0.15) is 5.82 Å². The molecule has 0 aliphatic heterocycles. The Hall–Kier alpha value is -1.22. The second-order valence-corrected chi connectivity index (χ2v) is 6.94. The van der Waals surface area contributed by atoms with Crippen molar-refractivity contribution in [2.45, 2.75) is 33.6 Å². The van der Waals surface area contributed by atoms with Crippen LogP contribution in [0.3, 0.4) is 0 Å². The number of guanidine groups is 1. The molecule has 0 aliphatic carbocycles. The zero-order valence-electron chi connectivity index (χ0n) is 14.9. The van der Waals surface area contributed by atoms with E-state index in [4.69, 9.17) is 0 Å². The summed E-state index contributed by atoms with van der Waals surface area (Å²) in [7, 11) is 0. The topological polar surface area (TPSA) is 49.3 Å². The molecule has 25 heavy (non-hydrogen) atoms. The Balaban J connectivity index is 0.00000312. The van der Waals surface area contributed by atoms with E-state index in [0.29, 0.717) is 6.54 Å². The number of thiazole rings is 1. The third kappa shape index (κ3) is 7.68. The van der Waals surface area contributed by atoms with Gasteiger partial charge in [-0.05, 0) is 50.5 Å². The van der Waals surface area contributed by atoms with Crippen LogP contribution in [0.5, 0.6) is 0 Å². The van der Waals surface area contributed by atoms with Gasteiger partial charge in [-0.3, -0.25) is 4.99 Å². The van der Waals surface area contributed by atoms with E-state index in [1.165, 1.54) is 10.9 Å². The predicted molar refractivity (Wildman–Crippen MR) is 115 cm³/mol. The molecular formula is C18H26FIN4S. The molecule has 1 heterocycles. The number of hydrogen-bond donors (Lipinski definition) is 2. The SMILES string of the molecule is CCNC(=NCCc1ncc(C)s1)NCCc1ccc(F)cc1C.I. The fraction of sp³-hybridized carbons (Fsp3) is 0.444. The number of halogens is 2. The molecule has 0 saturated carbocycles. The zero-order valence-corrected chi connectivity index (χ0v) is 18.1. The van der Waals surface area contributed by atoms with Crippen LogP contribution in [0.2, 0.25) is 0 Å². The van der Waals surface area contributed by atoms with Crippen molar-refractivity contribution in [3.8, 4) is 0 Å². The van der Waals surface area contributed by atoms with Crippen molar-refractivity contribution in [2.75, 3.05) is 19.6 Å². The largest absolute Gasteiger partial charge is 0.357 e. The summed E-state index contributed by atoms with van der Waals surface area (Å²) in [5.74, 6) is 0.627. The number of aromatic nitrogens is 1. The minimum Gasteiger partial charge on any atom is -0.357 e. The average Bonchev–Trinajstić information content (AvgIpc) is 2.95. The van der Waals surface area contributed by atoms with E-state index in [-0.39, 0.29) is 29.8 Å². The van der Waals surface area contributed by atoms with Gasteiger partial charge in [0.25, 0.3) is 0 Å². The van der Waals surface area contributed by atoms with E-state index in [9.17, 15) is 4.39 Å². The van der Waals surface area contributed by atoms with Crippen LogP contribution in [-0.2, 0) is 12.8 Å². The average molecular weight is 476 g/mol. The molecule has 0 atom stereocenters. The second-order valence-electron chi connectivity index (χ2n) is 5.62. The molecule has 0 bridgehead atoms. The van der Waals surface area contributed by atoms with Crippen molar-refractivity contribution < 1.29 is 4.39 Å². The summed E-state index contributed by atoms with van der Waals surface area (Å²) >= 11 is 1.72. The number of nitrogens with one attached hydrogen (secondary N) is 2. The highest BCUT2D eigenvalue weighted by Gasteiger charge is 2.02. The third-order valence-corrected chi connectivity index (χ3v) is 4.57. The first-order valence-corrected chi connectivity index (χ1v) is 9.08. The number of nitrogens with zero attached hydrogens (tertiary/aromatic N) is 2. The molecule has 2 aromatic rings. The fourth-order valence-electron chi connectivity index (χ4n) is 2.38. The van der Waals surface area contributed by atoms with Gasteiger partial charge < -0.3 is 10.6 Å². The maximum Gasteiger partial charge on any atom is 0.191 e. The highest BCUT2D eigenvalue weighted by atomic mass is 127. The van der Waals surface area contributed by atoms with Crippen molar-refractivity contribution in [3.63, 3.8) is 0 Å². The van der Waals surface area contributed by atoms with E-state index in [1.54, 1.807) is 17.4 Å². The monoisotopic (exact) mass is 476 g/mol. The van der Waals surface area contributed by atoms with Crippen molar-refractivity contribution in [1.29, 1.82) is 0 Å². The molecule has 138 valence electrons. The lowest BCUT2D eigenvalue weighted by Crippen LogP contribution is -2.38. The molecule has 0 aliphatic rings. The van der Waals surface area contributed by atoms with Crippen molar-refractivity contribution in [1.82, 2.24) is 15.6 Å². The van der Waals surface area contributed by atoms with Gasteiger partial charge in [-0.15, -0.1) is 35.3 Å². The number of hydrogen-bond acceptors (Lipinski definition) is 3. The first-order valence-electron chi connectivity index (χ1n) is 8.27. The molecular weight excluding hydrogens is 450 g/mol. The minimum absolute atomic E-state index is 0. The Morgan fingerprint density at radius 2 is 2.04 bits per heavy atom. The lowest BCUT2D eigenvalue weighted by atomic mass is 10.1. The Bertz CT molecular complexity index is 687. The van der Waals surface area contributed by atoms with Crippen molar-refractivity contribution >= 4 is 41.3 Å². The molecule has 0 amide bonds. The van der Waals surface area contributed by atoms with Gasteiger partial charge in [0.2, 0.25) is 0 Å². The maximum atomic E-state index is 13.1. The van der Waals surface area contributed by atoms with E-state index in [1.807, 2.05) is 26.1 Å². The van der Waals surface area contributed by atoms with Crippen LogP contribution in [0.1, 0.15) is 27.9 Å². The summed E-state index contributed by atoms with van der Waals surface area (Å²) in [4.78, 5) is 10.2. The zero-order chi connectivity index (χ0) is 17.4. The normalized spacial score (nSPS) is 11.1. The maximum absolute atomic E-state index is 13.1. The van der Waals surface area contributed by atoms with Crippen LogP contribution in [0.25, 0.3) is 0 Å². The Morgan fingerprint density at radius 3 is 2.68 bits per heavy atom. The molecule has 2 rings (SSSR count). The first-order chi connectivity index (χ1) is 11.6. The van der Waals surface area contributed by atoms with Gasteiger partial charge in [0.05, 0.1) is 5.01 Å². The highest BCUT2D eigenvalue weighted by Crippen LogP contribution is 2.11. The van der Waals surface area contributed by atoms with E-state index in [2.05, 4.69) is 27.5 Å². The number of benzene rings is 1. The molecule has 1 aromatic carbocycles. The van der Waals surface area contributed by atoms with E-state index in [0.717, 1.165) is 48.0 Å². The van der Waals surface area contributed by atoms with Gasteiger partial charge in [-0.1, -0.05) is 6.07 Å². The fourth-order valence-corrected chi connectivity index (χ4v) is 3.15. The van der Waals surface area contributed by atoms with Crippen molar-refractivity contribution in [2.24, 2.45) is 4.99 Å². The Kier molecular flexibility index (Phi) is 9.96. The molecule has 7 heteroatoms. The Morgan fingerprint density at radius 1 is 1.24 bits per heavy atom. The van der Waals surface area contributed by atoms with E-state index >= 15 is 0 Å². The summed E-state index contributed by atoms with van der Waals surface area (Å²) in [6, 6.07) is 4.93. The summed E-state index contributed by atoms with van der Waals surface area (Å²) in [6.07, 6.45) is 3.59. The van der Waals surface area contributed by atoms with Crippen LogP contribution < -0.4 is 10.6 Å². The van der Waals surface area contributed by atoms with Gasteiger partial charge >= 0.3 is 0 Å². The van der Waals surface area contributed by atoms with Gasteiger partial charge in [-0.2, -0.15) is 0 Å². The van der Waals surface area contributed by atoms with E-state index < -0.39 is 0 Å². The van der Waals surface area contributed by atoms with Crippen LogP contribution in [-0.4, -0.2) is 30.6 Å². The lowest BCUT2D eigenvalue weighted by Gasteiger charge is -2.12. The summed E-state index contributed by atoms with van der Waals surface area (Å²) in [5.41, 5.74) is 2.14. The number of aliphatic imine (C=N–C) groups is 1. The third-order valence-electron chi connectivity index (χ3n) is 3.60.